The molecule has 2 unspecified atom stereocenters. The molecule has 0 aromatic heterocycles. The lowest BCUT2D eigenvalue weighted by Gasteiger charge is -2.17. The van der Waals surface area contributed by atoms with Crippen LogP contribution in [0.5, 0.6) is 23.0 Å². The molecule has 37 heavy (non-hydrogen) atoms. The Hall–Kier alpha value is -4.07. The molecular weight excluding hydrogens is 477 g/mol. The number of benzene rings is 3. The van der Waals surface area contributed by atoms with Gasteiger partial charge in [0, 0.05) is 48.3 Å². The fourth-order valence-electron chi connectivity index (χ4n) is 4.85. The minimum atomic E-state index is -0.469. The lowest BCUT2D eigenvalue weighted by molar-refractivity contribution is -0.141. The zero-order chi connectivity index (χ0) is 26.1. The van der Waals surface area contributed by atoms with E-state index < -0.39 is 6.10 Å². The van der Waals surface area contributed by atoms with E-state index in [9.17, 15) is 14.0 Å². The Morgan fingerprint density at radius 3 is 2.54 bits per heavy atom. The zero-order valence-electron chi connectivity index (χ0n) is 21.0. The molecule has 0 spiro atoms. The van der Waals surface area contributed by atoms with Crippen LogP contribution in [-0.2, 0) is 16.0 Å². The minimum absolute atomic E-state index is 0.0593. The van der Waals surface area contributed by atoms with Crippen LogP contribution in [0.3, 0.4) is 0 Å². The maximum atomic E-state index is 15.0. The van der Waals surface area contributed by atoms with E-state index in [2.05, 4.69) is 0 Å². The molecule has 0 N–H and O–H groups in total. The molecule has 1 aliphatic carbocycles. The van der Waals surface area contributed by atoms with Gasteiger partial charge in [-0.25, -0.2) is 4.39 Å². The summed E-state index contributed by atoms with van der Waals surface area (Å²) in [5.74, 6) is 1.59. The summed E-state index contributed by atoms with van der Waals surface area (Å²) in [5, 5.41) is 0. The molecule has 192 valence electrons. The third-order valence-corrected chi connectivity index (χ3v) is 6.76. The maximum absolute atomic E-state index is 15.0. The van der Waals surface area contributed by atoms with Crippen LogP contribution in [0, 0.1) is 5.82 Å². The molecule has 5 rings (SSSR count). The number of fused-ring (bicyclic) bond motifs is 2. The number of methoxy groups -OCH3 is 1. The molecule has 1 heterocycles. The van der Waals surface area contributed by atoms with Gasteiger partial charge in [-0.05, 0) is 55.3 Å². The fourth-order valence-corrected chi connectivity index (χ4v) is 4.85. The summed E-state index contributed by atoms with van der Waals surface area (Å²) in [6.45, 7) is 0.403. The summed E-state index contributed by atoms with van der Waals surface area (Å²) < 4.78 is 37.8. The SMILES string of the molecule is COC(=O)CC1COc2cc(OC3CCc4c(Oc5ccc(C(=O)N(C)C)cc5)ccc(F)c43)ccc21. The van der Waals surface area contributed by atoms with E-state index in [1.807, 2.05) is 12.1 Å². The Kier molecular flexibility index (Phi) is 6.74. The molecule has 3 aromatic carbocycles. The van der Waals surface area contributed by atoms with Crippen molar-refractivity contribution >= 4 is 11.9 Å². The molecule has 2 atom stereocenters. The van der Waals surface area contributed by atoms with E-state index in [0.29, 0.717) is 53.6 Å². The maximum Gasteiger partial charge on any atom is 0.306 e. The van der Waals surface area contributed by atoms with Crippen molar-refractivity contribution in [2.45, 2.75) is 31.3 Å². The van der Waals surface area contributed by atoms with E-state index in [4.69, 9.17) is 18.9 Å². The van der Waals surface area contributed by atoms with Crippen LogP contribution in [0.15, 0.2) is 54.6 Å². The van der Waals surface area contributed by atoms with Gasteiger partial charge in [0.05, 0.1) is 20.1 Å². The normalized spacial score (nSPS) is 17.4. The van der Waals surface area contributed by atoms with Crippen LogP contribution in [0.2, 0.25) is 0 Å². The Labute approximate surface area is 214 Å². The minimum Gasteiger partial charge on any atom is -0.492 e. The number of amides is 1. The monoisotopic (exact) mass is 505 g/mol. The zero-order valence-corrected chi connectivity index (χ0v) is 21.0. The smallest absolute Gasteiger partial charge is 0.306 e. The molecule has 0 saturated carbocycles. The number of halogens is 1. The molecule has 0 fully saturated rings. The van der Waals surface area contributed by atoms with Gasteiger partial charge in [0.1, 0.15) is 34.9 Å². The third kappa shape index (κ3) is 4.96. The standard InChI is InChI=1S/C29H28FNO6/c1-31(2)29(33)17-4-6-19(7-5-17)36-24-13-11-23(30)28-22(24)10-12-25(28)37-20-8-9-21-18(14-27(32)34-3)16-35-26(21)15-20/h4-9,11,13,15,18,25H,10,12,14,16H2,1-3H3. The number of hydrogen-bond donors (Lipinski definition) is 0. The summed E-state index contributed by atoms with van der Waals surface area (Å²) in [6.07, 6.45) is 0.991. The summed E-state index contributed by atoms with van der Waals surface area (Å²) in [5.41, 5.74) is 2.76. The van der Waals surface area contributed by atoms with Crippen LogP contribution in [-0.4, -0.2) is 44.6 Å². The van der Waals surface area contributed by atoms with E-state index in [1.54, 1.807) is 50.5 Å². The number of rotatable bonds is 7. The van der Waals surface area contributed by atoms with Gasteiger partial charge in [0.25, 0.3) is 5.91 Å². The molecule has 0 bridgehead atoms. The number of nitrogens with zero attached hydrogens (tertiary/aromatic N) is 1. The van der Waals surface area contributed by atoms with Gasteiger partial charge < -0.3 is 23.8 Å². The Balaban J connectivity index is 1.32. The molecule has 0 saturated heterocycles. The van der Waals surface area contributed by atoms with Gasteiger partial charge >= 0.3 is 5.97 Å². The molecule has 1 aliphatic heterocycles. The van der Waals surface area contributed by atoms with Crippen LogP contribution >= 0.6 is 0 Å². The summed E-state index contributed by atoms with van der Waals surface area (Å²) in [6, 6.07) is 15.4. The number of carbonyl (C=O) groups excluding carboxylic acids is 2. The fraction of sp³-hybridized carbons (Fsp3) is 0.310. The topological polar surface area (TPSA) is 74.3 Å². The van der Waals surface area contributed by atoms with Crippen molar-refractivity contribution < 1.29 is 32.9 Å². The van der Waals surface area contributed by atoms with E-state index in [1.165, 1.54) is 18.1 Å². The molecule has 0 radical (unpaired) electrons. The van der Waals surface area contributed by atoms with Crippen molar-refractivity contribution in [3.05, 3.63) is 82.7 Å². The molecular formula is C29H28FNO6. The van der Waals surface area contributed by atoms with Crippen molar-refractivity contribution in [2.24, 2.45) is 0 Å². The summed E-state index contributed by atoms with van der Waals surface area (Å²) >= 11 is 0. The highest BCUT2D eigenvalue weighted by atomic mass is 19.1. The third-order valence-electron chi connectivity index (χ3n) is 6.76. The van der Waals surface area contributed by atoms with Crippen molar-refractivity contribution in [3.8, 4) is 23.0 Å². The molecule has 7 nitrogen and oxygen atoms in total. The quantitative estimate of drug-likeness (QED) is 0.399. The highest BCUT2D eigenvalue weighted by Crippen LogP contribution is 2.44. The van der Waals surface area contributed by atoms with Gasteiger partial charge in [0.2, 0.25) is 0 Å². The average Bonchev–Trinajstić information content (AvgIpc) is 3.50. The second-order valence-corrected chi connectivity index (χ2v) is 9.40. The van der Waals surface area contributed by atoms with Crippen LogP contribution in [0.1, 0.15) is 51.9 Å². The second-order valence-electron chi connectivity index (χ2n) is 9.40. The number of ether oxygens (including phenoxy) is 4. The van der Waals surface area contributed by atoms with Crippen LogP contribution < -0.4 is 14.2 Å². The Bertz CT molecular complexity index is 1340. The average molecular weight is 506 g/mol. The first kappa shape index (κ1) is 24.6. The Morgan fingerprint density at radius 2 is 1.81 bits per heavy atom. The summed E-state index contributed by atoms with van der Waals surface area (Å²) in [4.78, 5) is 25.3. The first-order chi connectivity index (χ1) is 17.8. The number of esters is 1. The van der Waals surface area contributed by atoms with Crippen molar-refractivity contribution in [1.82, 2.24) is 4.90 Å². The first-order valence-corrected chi connectivity index (χ1v) is 12.1. The van der Waals surface area contributed by atoms with Gasteiger partial charge in [-0.2, -0.15) is 0 Å². The lowest BCUT2D eigenvalue weighted by Crippen LogP contribution is -2.21. The van der Waals surface area contributed by atoms with E-state index in [0.717, 1.165) is 11.1 Å². The second kappa shape index (κ2) is 10.1. The molecule has 1 amide bonds. The predicted molar refractivity (Wildman–Crippen MR) is 134 cm³/mol. The predicted octanol–water partition coefficient (Wildman–Crippen LogP) is 5.43. The van der Waals surface area contributed by atoms with Crippen molar-refractivity contribution in [2.75, 3.05) is 27.8 Å². The van der Waals surface area contributed by atoms with Crippen LogP contribution in [0.25, 0.3) is 0 Å². The highest BCUT2D eigenvalue weighted by molar-refractivity contribution is 5.93. The van der Waals surface area contributed by atoms with E-state index >= 15 is 0 Å². The first-order valence-electron chi connectivity index (χ1n) is 12.1. The van der Waals surface area contributed by atoms with E-state index in [-0.39, 0.29) is 30.0 Å². The van der Waals surface area contributed by atoms with Gasteiger partial charge in [-0.15, -0.1) is 0 Å². The van der Waals surface area contributed by atoms with Gasteiger partial charge in [-0.3, -0.25) is 9.59 Å². The van der Waals surface area contributed by atoms with Crippen LogP contribution in [0.4, 0.5) is 4.39 Å². The summed E-state index contributed by atoms with van der Waals surface area (Å²) in [7, 11) is 4.77. The van der Waals surface area contributed by atoms with Gasteiger partial charge in [0.15, 0.2) is 0 Å². The van der Waals surface area contributed by atoms with Crippen molar-refractivity contribution in [1.29, 1.82) is 0 Å². The number of carbonyl (C=O) groups is 2. The Morgan fingerprint density at radius 1 is 1.05 bits per heavy atom. The highest BCUT2D eigenvalue weighted by Gasteiger charge is 2.32. The molecule has 8 heteroatoms. The molecule has 3 aromatic rings. The molecule has 2 aliphatic rings. The van der Waals surface area contributed by atoms with Gasteiger partial charge in [-0.1, -0.05) is 6.07 Å². The number of hydrogen-bond acceptors (Lipinski definition) is 6. The lowest BCUT2D eigenvalue weighted by atomic mass is 9.98. The van der Waals surface area contributed by atoms with Crippen molar-refractivity contribution in [3.63, 3.8) is 0 Å². The largest absolute Gasteiger partial charge is 0.492 e.